The Hall–Kier alpha value is -2.17. The van der Waals surface area contributed by atoms with Crippen LogP contribution in [0.4, 0.5) is 0 Å². The van der Waals surface area contributed by atoms with E-state index in [4.69, 9.17) is 30.5 Å². The highest BCUT2D eigenvalue weighted by molar-refractivity contribution is 7.89. The topological polar surface area (TPSA) is 91.4 Å². The van der Waals surface area contributed by atoms with Crippen LogP contribution in [0.1, 0.15) is 35.3 Å². The van der Waals surface area contributed by atoms with Gasteiger partial charge in [0, 0.05) is 29.2 Å². The van der Waals surface area contributed by atoms with Gasteiger partial charge in [-0.2, -0.15) is 4.31 Å². The third kappa shape index (κ3) is 4.92. The number of benzene rings is 2. The molecule has 2 aliphatic heterocycles. The Morgan fingerprint density at radius 1 is 1.19 bits per heavy atom. The van der Waals surface area contributed by atoms with Crippen LogP contribution in [0.25, 0.3) is 0 Å². The predicted molar refractivity (Wildman–Crippen MR) is 116 cm³/mol. The number of nitrogens with zero attached hydrogens (tertiary/aromatic N) is 1. The van der Waals surface area contributed by atoms with Gasteiger partial charge in [0.05, 0.1) is 29.3 Å². The largest absolute Gasteiger partial charge is 0.467 e. The lowest BCUT2D eigenvalue weighted by Gasteiger charge is -2.34. The van der Waals surface area contributed by atoms with Crippen molar-refractivity contribution in [1.29, 1.82) is 0 Å². The van der Waals surface area contributed by atoms with Crippen LogP contribution in [0.5, 0.6) is 5.75 Å². The van der Waals surface area contributed by atoms with Gasteiger partial charge in [-0.3, -0.25) is 0 Å². The molecule has 0 bridgehead atoms. The summed E-state index contributed by atoms with van der Waals surface area (Å²) < 4.78 is 49.4. The molecule has 2 atom stereocenters. The molecule has 0 aromatic heterocycles. The fourth-order valence-electron chi connectivity index (χ4n) is 3.85. The first-order valence-electron chi connectivity index (χ1n) is 10.2. The molecule has 32 heavy (non-hydrogen) atoms. The molecule has 0 spiro atoms. The minimum atomic E-state index is -3.77. The van der Waals surface area contributed by atoms with Crippen molar-refractivity contribution >= 4 is 27.6 Å². The molecule has 2 aliphatic rings. The van der Waals surface area contributed by atoms with Gasteiger partial charge in [0.25, 0.3) is 0 Å². The lowest BCUT2D eigenvalue weighted by atomic mass is 10.1. The van der Waals surface area contributed by atoms with E-state index < -0.39 is 16.0 Å². The first-order valence-corrected chi connectivity index (χ1v) is 12.0. The molecule has 0 saturated carbocycles. The van der Waals surface area contributed by atoms with Crippen molar-refractivity contribution in [3.63, 3.8) is 0 Å². The van der Waals surface area contributed by atoms with Crippen LogP contribution in [0.2, 0.25) is 5.02 Å². The van der Waals surface area contributed by atoms with Crippen LogP contribution in [0.3, 0.4) is 0 Å². The number of hydrogen-bond donors (Lipinski definition) is 0. The zero-order chi connectivity index (χ0) is 22.9. The fraction of sp³-hybridized carbons (Fsp3) is 0.409. The lowest BCUT2D eigenvalue weighted by Crippen LogP contribution is -2.48. The Morgan fingerprint density at radius 2 is 1.94 bits per heavy atom. The van der Waals surface area contributed by atoms with E-state index in [0.717, 1.165) is 5.56 Å². The highest BCUT2D eigenvalue weighted by Crippen LogP contribution is 2.32. The minimum absolute atomic E-state index is 0.0360. The summed E-state index contributed by atoms with van der Waals surface area (Å²) in [4.78, 5) is 12.7. The normalized spacial score (nSPS) is 21.5. The Bertz CT molecular complexity index is 1110. The van der Waals surface area contributed by atoms with E-state index in [1.54, 1.807) is 12.1 Å². The van der Waals surface area contributed by atoms with E-state index >= 15 is 0 Å². The van der Waals surface area contributed by atoms with Crippen LogP contribution in [0.15, 0.2) is 41.3 Å². The molecule has 0 amide bonds. The molecule has 0 aliphatic carbocycles. The number of halogens is 1. The number of esters is 1. The van der Waals surface area contributed by atoms with Crippen molar-refractivity contribution in [1.82, 2.24) is 4.31 Å². The molecule has 0 unspecified atom stereocenters. The first kappa shape index (κ1) is 23.0. The van der Waals surface area contributed by atoms with E-state index in [-0.39, 0.29) is 49.2 Å². The summed E-state index contributed by atoms with van der Waals surface area (Å²) >= 11 is 6.15. The van der Waals surface area contributed by atoms with Crippen molar-refractivity contribution in [2.75, 3.05) is 19.9 Å². The summed E-state index contributed by atoms with van der Waals surface area (Å²) in [6, 6.07) is 9.25. The number of morpholine rings is 1. The van der Waals surface area contributed by atoms with E-state index in [0.29, 0.717) is 22.9 Å². The summed E-state index contributed by atoms with van der Waals surface area (Å²) in [6.07, 6.45) is -0.421. The summed E-state index contributed by atoms with van der Waals surface area (Å²) in [5.74, 6) is -0.0631. The minimum Gasteiger partial charge on any atom is -0.467 e. The number of sulfonamides is 1. The molecule has 1 fully saturated rings. The van der Waals surface area contributed by atoms with Crippen molar-refractivity contribution in [3.8, 4) is 5.75 Å². The molecule has 8 nitrogen and oxygen atoms in total. The van der Waals surface area contributed by atoms with Gasteiger partial charge in [0.15, 0.2) is 6.79 Å². The quantitative estimate of drug-likeness (QED) is 0.604. The number of carbonyl (C=O) groups excluding carboxylic acids is 1. The van der Waals surface area contributed by atoms with Gasteiger partial charge in [-0.25, -0.2) is 13.2 Å². The molecule has 172 valence electrons. The standard InChI is InChI=1S/C22H24ClNO7S/c1-14-9-24(10-15(2)31-14)32(26,27)20-5-3-4-16(8-20)22(25)29-12-18-7-19(23)6-17-11-28-13-30-21(17)18/h3-8,14-15H,9-13H2,1-2H3/t14-,15-/m0/s1. The number of fused-ring (bicyclic) bond motifs is 1. The highest BCUT2D eigenvalue weighted by Gasteiger charge is 2.32. The fourth-order valence-corrected chi connectivity index (χ4v) is 5.75. The van der Waals surface area contributed by atoms with Crippen LogP contribution in [-0.4, -0.2) is 50.8 Å². The van der Waals surface area contributed by atoms with Gasteiger partial charge in [-0.1, -0.05) is 17.7 Å². The Morgan fingerprint density at radius 3 is 2.69 bits per heavy atom. The van der Waals surface area contributed by atoms with Crippen LogP contribution in [0, 0.1) is 0 Å². The maximum atomic E-state index is 13.1. The molecule has 0 radical (unpaired) electrons. The molecule has 2 heterocycles. The molecule has 1 saturated heterocycles. The van der Waals surface area contributed by atoms with E-state index in [1.165, 1.54) is 28.6 Å². The lowest BCUT2D eigenvalue weighted by molar-refractivity contribution is -0.0440. The summed E-state index contributed by atoms with van der Waals surface area (Å²) in [7, 11) is -3.77. The zero-order valence-electron chi connectivity index (χ0n) is 17.7. The van der Waals surface area contributed by atoms with Crippen molar-refractivity contribution in [2.24, 2.45) is 0 Å². The Kier molecular flexibility index (Phi) is 6.73. The number of rotatable bonds is 5. The smallest absolute Gasteiger partial charge is 0.338 e. The second-order valence-corrected chi connectivity index (χ2v) is 10.2. The molecule has 4 rings (SSSR count). The molecule has 2 aromatic rings. The van der Waals surface area contributed by atoms with Crippen LogP contribution < -0.4 is 4.74 Å². The second-order valence-electron chi connectivity index (χ2n) is 7.85. The number of carbonyl (C=O) groups is 1. The molecular formula is C22H24ClNO7S. The second kappa shape index (κ2) is 9.36. The van der Waals surface area contributed by atoms with Crippen molar-refractivity contribution in [2.45, 2.75) is 44.2 Å². The average molecular weight is 482 g/mol. The van der Waals surface area contributed by atoms with Gasteiger partial charge in [0.2, 0.25) is 10.0 Å². The molecule has 0 N–H and O–H groups in total. The predicted octanol–water partition coefficient (Wildman–Crippen LogP) is 3.36. The average Bonchev–Trinajstić information content (AvgIpc) is 2.76. The van der Waals surface area contributed by atoms with Crippen LogP contribution in [-0.2, 0) is 37.4 Å². The number of hydrogen-bond acceptors (Lipinski definition) is 7. The van der Waals surface area contributed by atoms with Gasteiger partial charge in [-0.15, -0.1) is 0 Å². The van der Waals surface area contributed by atoms with E-state index in [1.807, 2.05) is 13.8 Å². The Labute approximate surface area is 192 Å². The molecule has 10 heteroatoms. The monoisotopic (exact) mass is 481 g/mol. The molecule has 2 aromatic carbocycles. The summed E-state index contributed by atoms with van der Waals surface area (Å²) in [5, 5.41) is 0.478. The Balaban J connectivity index is 1.50. The zero-order valence-corrected chi connectivity index (χ0v) is 19.3. The van der Waals surface area contributed by atoms with Gasteiger partial charge in [0.1, 0.15) is 12.4 Å². The van der Waals surface area contributed by atoms with Gasteiger partial charge >= 0.3 is 5.97 Å². The van der Waals surface area contributed by atoms with Crippen molar-refractivity contribution in [3.05, 3.63) is 58.1 Å². The maximum absolute atomic E-state index is 13.1. The maximum Gasteiger partial charge on any atom is 0.338 e. The summed E-state index contributed by atoms with van der Waals surface area (Å²) in [5.41, 5.74) is 1.53. The highest BCUT2D eigenvalue weighted by atomic mass is 35.5. The third-order valence-corrected chi connectivity index (χ3v) is 7.25. The van der Waals surface area contributed by atoms with E-state index in [2.05, 4.69) is 0 Å². The van der Waals surface area contributed by atoms with Gasteiger partial charge in [-0.05, 0) is 44.2 Å². The van der Waals surface area contributed by atoms with Crippen molar-refractivity contribution < 1.29 is 32.2 Å². The third-order valence-electron chi connectivity index (χ3n) is 5.20. The van der Waals surface area contributed by atoms with Gasteiger partial charge < -0.3 is 18.9 Å². The van der Waals surface area contributed by atoms with Crippen LogP contribution >= 0.6 is 11.6 Å². The number of ether oxygens (including phenoxy) is 4. The molecular weight excluding hydrogens is 458 g/mol. The SMILES string of the molecule is C[C@H]1CN(S(=O)(=O)c2cccc(C(=O)OCc3cc(Cl)cc4c3OCOC4)c2)C[C@H](C)O1. The summed E-state index contributed by atoms with van der Waals surface area (Å²) in [6.45, 7) is 4.56. The van der Waals surface area contributed by atoms with E-state index in [9.17, 15) is 13.2 Å². The first-order chi connectivity index (χ1) is 15.2.